The van der Waals surface area contributed by atoms with Gasteiger partial charge in [0.15, 0.2) is 0 Å². The SMILES string of the molecule is C.COC(=O)c1cc2cc(N)ccc2s1.COC(=O)c1cc2cc(NC(=O)c3cc(C)cn3C)ccc2s1.Cc1cc(C(=O)O)n(C)c1.[2H]CF. The molecule has 0 atom stereocenters. The summed E-state index contributed by atoms with van der Waals surface area (Å²) >= 11 is 2.78. The zero-order valence-corrected chi connectivity index (χ0v) is 29.3. The number of fused-ring (bicyclic) bond motifs is 2. The van der Waals surface area contributed by atoms with Crippen molar-refractivity contribution in [3.8, 4) is 0 Å². The van der Waals surface area contributed by atoms with Gasteiger partial charge in [0.05, 0.1) is 22.7 Å². The minimum atomic E-state index is -1.00. The number of nitrogens with zero attached hydrogens (tertiary/aromatic N) is 2. The van der Waals surface area contributed by atoms with Gasteiger partial charge in [0.25, 0.3) is 5.91 Å². The van der Waals surface area contributed by atoms with Crippen molar-refractivity contribution in [2.75, 3.05) is 32.4 Å². The molecule has 6 rings (SSSR count). The number of carbonyl (C=O) groups is 4. The summed E-state index contributed by atoms with van der Waals surface area (Å²) in [6.45, 7) is 3.81. The lowest BCUT2D eigenvalue weighted by molar-refractivity contribution is 0.0597. The van der Waals surface area contributed by atoms with Crippen LogP contribution < -0.4 is 11.1 Å². The molecule has 266 valence electrons. The highest BCUT2D eigenvalue weighted by Gasteiger charge is 2.14. The predicted octanol–water partition coefficient (Wildman–Crippen LogP) is 8.11. The van der Waals surface area contributed by atoms with Crippen molar-refractivity contribution in [2.24, 2.45) is 14.1 Å². The molecule has 0 fully saturated rings. The van der Waals surface area contributed by atoms with Crippen LogP contribution in [0.2, 0.25) is 0 Å². The van der Waals surface area contributed by atoms with Gasteiger partial charge in [-0.2, -0.15) is 0 Å². The Morgan fingerprint density at radius 1 is 0.800 bits per heavy atom. The molecule has 0 unspecified atom stereocenters. The first-order valence-electron chi connectivity index (χ1n) is 15.1. The zero-order valence-electron chi connectivity index (χ0n) is 28.7. The number of aromatic carboxylic acids is 1. The number of carbonyl (C=O) groups excluding carboxylic acids is 3. The highest BCUT2D eigenvalue weighted by Crippen LogP contribution is 2.29. The summed E-state index contributed by atoms with van der Waals surface area (Å²) in [6, 6.07) is 18.2. The van der Waals surface area contributed by atoms with E-state index in [1.54, 1.807) is 40.6 Å². The van der Waals surface area contributed by atoms with E-state index in [2.05, 4.69) is 10.1 Å². The predicted molar refractivity (Wildman–Crippen MR) is 200 cm³/mol. The van der Waals surface area contributed by atoms with Crippen LogP contribution in [0, 0.1) is 13.8 Å². The van der Waals surface area contributed by atoms with Crippen molar-refractivity contribution < 1.29 is 39.5 Å². The van der Waals surface area contributed by atoms with E-state index in [0.717, 1.165) is 31.3 Å². The third kappa shape index (κ3) is 10.3. The second kappa shape index (κ2) is 18.3. The van der Waals surface area contributed by atoms with Gasteiger partial charge < -0.3 is 34.8 Å². The molecule has 4 aromatic heterocycles. The maximum Gasteiger partial charge on any atom is 0.352 e. The maximum absolute atomic E-state index is 12.3. The number of halogens is 1. The van der Waals surface area contributed by atoms with Crippen LogP contribution in [0.4, 0.5) is 15.8 Å². The largest absolute Gasteiger partial charge is 0.477 e. The second-order valence-electron chi connectivity index (χ2n) is 10.5. The third-order valence-corrected chi connectivity index (χ3v) is 9.02. The Balaban J connectivity index is 0.000000275. The van der Waals surface area contributed by atoms with Crippen LogP contribution in [0.25, 0.3) is 20.2 Å². The van der Waals surface area contributed by atoms with Gasteiger partial charge in [0, 0.05) is 47.3 Å². The number of anilines is 2. The summed E-state index contributed by atoms with van der Waals surface area (Å²) in [5.41, 5.74) is 9.96. The number of nitrogen functional groups attached to an aromatic ring is 1. The van der Waals surface area contributed by atoms with E-state index in [1.165, 1.54) is 36.9 Å². The number of esters is 2. The minimum Gasteiger partial charge on any atom is -0.477 e. The first-order valence-corrected chi connectivity index (χ1v) is 16.0. The molecule has 0 aliphatic rings. The number of nitrogens with two attached hydrogens (primary N) is 1. The number of nitrogens with one attached hydrogen (secondary N) is 1. The van der Waals surface area contributed by atoms with Crippen LogP contribution in [-0.4, -0.2) is 59.4 Å². The number of benzene rings is 2. The summed E-state index contributed by atoms with van der Waals surface area (Å²) in [5, 5.41) is 13.3. The van der Waals surface area contributed by atoms with E-state index >= 15 is 0 Å². The summed E-state index contributed by atoms with van der Waals surface area (Å²) in [4.78, 5) is 46.7. The van der Waals surface area contributed by atoms with E-state index in [9.17, 15) is 23.6 Å². The fourth-order valence-electron chi connectivity index (χ4n) is 4.68. The molecule has 0 aliphatic carbocycles. The van der Waals surface area contributed by atoms with Gasteiger partial charge in [-0.25, -0.2) is 14.4 Å². The van der Waals surface area contributed by atoms with Crippen molar-refractivity contribution >= 4 is 78.0 Å². The van der Waals surface area contributed by atoms with Crippen molar-refractivity contribution in [1.29, 1.82) is 0 Å². The van der Waals surface area contributed by atoms with Gasteiger partial charge in [-0.15, -0.1) is 22.7 Å². The number of thiophene rings is 2. The average Bonchev–Trinajstić information content (AvgIpc) is 3.85. The van der Waals surface area contributed by atoms with Gasteiger partial charge in [-0.1, -0.05) is 7.43 Å². The number of hydrogen-bond donors (Lipinski definition) is 3. The minimum absolute atomic E-state index is 0. The number of aryl methyl sites for hydroxylation is 4. The first kappa shape index (κ1) is 39.0. The zero-order chi connectivity index (χ0) is 37.1. The lowest BCUT2D eigenvalue weighted by Crippen LogP contribution is -2.15. The standard InChI is InChI=1S/C17H16N2O3S.C10H9NO2S.C7H9NO2.CH3F.CH4/c1-10-6-13(19(2)9-10)16(20)18-12-4-5-14-11(7-12)8-15(23-14)17(21)22-3;1-13-10(12)9-5-6-4-7(11)2-3-8(6)14-9;1-5-3-6(7(9)10)8(2)4-5;1-2;/h4-9H,1-3H3,(H,18,20);2-5H,11H2,1H3;3-4H,1-2H3,(H,9,10);1H3;1H4/i;;;1D;. The molecule has 0 bridgehead atoms. The molecule has 4 N–H and O–H groups in total. The number of aromatic nitrogens is 2. The smallest absolute Gasteiger partial charge is 0.352 e. The Morgan fingerprint density at radius 2 is 1.26 bits per heavy atom. The van der Waals surface area contributed by atoms with Gasteiger partial charge in [0.2, 0.25) is 0 Å². The lowest BCUT2D eigenvalue weighted by Gasteiger charge is -2.06. The van der Waals surface area contributed by atoms with E-state index in [0.29, 0.717) is 32.5 Å². The van der Waals surface area contributed by atoms with Gasteiger partial charge in [0.1, 0.15) is 21.1 Å². The number of carboxylic acids is 1. The Hall–Kier alpha value is -5.47. The molecule has 11 nitrogen and oxygen atoms in total. The number of hydrogen-bond acceptors (Lipinski definition) is 9. The molecule has 0 spiro atoms. The Morgan fingerprint density at radius 3 is 1.68 bits per heavy atom. The number of ether oxygens (including phenoxy) is 2. The number of amides is 1. The molecular weight excluding hydrogens is 684 g/mol. The topological polar surface area (TPSA) is 155 Å². The molecule has 4 heterocycles. The number of methoxy groups -OCH3 is 2. The van der Waals surface area contributed by atoms with Crippen LogP contribution in [-0.2, 0) is 23.6 Å². The summed E-state index contributed by atoms with van der Waals surface area (Å²) < 4.78 is 30.3. The molecule has 50 heavy (non-hydrogen) atoms. The number of rotatable bonds is 5. The van der Waals surface area contributed by atoms with Crippen LogP contribution in [0.1, 0.15) is 60.2 Å². The molecule has 1 amide bonds. The monoisotopic (exact) mass is 725 g/mol. The number of carboxylic acid groups (broad SMARTS) is 1. The van der Waals surface area contributed by atoms with Crippen molar-refractivity contribution in [3.63, 3.8) is 0 Å². The van der Waals surface area contributed by atoms with Crippen molar-refractivity contribution in [3.05, 3.63) is 105 Å². The summed E-state index contributed by atoms with van der Waals surface area (Å²) in [5.74, 6) is -1.69. The lowest BCUT2D eigenvalue weighted by atomic mass is 10.2. The Kier molecular flexibility index (Phi) is 14.3. The fraction of sp³-hybridized carbons (Fsp3) is 0.222. The molecule has 0 radical (unpaired) electrons. The Labute approximate surface area is 299 Å². The fourth-order valence-corrected chi connectivity index (χ4v) is 6.60. The van der Waals surface area contributed by atoms with Crippen LogP contribution in [0.5, 0.6) is 0 Å². The van der Waals surface area contributed by atoms with E-state index < -0.39 is 13.1 Å². The van der Waals surface area contributed by atoms with Crippen LogP contribution in [0.15, 0.2) is 73.1 Å². The summed E-state index contributed by atoms with van der Waals surface area (Å²) in [6.07, 6.45) is 3.68. The van der Waals surface area contributed by atoms with Crippen LogP contribution >= 0.6 is 22.7 Å². The van der Waals surface area contributed by atoms with Crippen molar-refractivity contribution in [2.45, 2.75) is 21.3 Å². The Bertz CT molecular complexity index is 2130. The second-order valence-corrected chi connectivity index (χ2v) is 12.7. The number of alkyl halides is 1. The molecule has 2 aromatic carbocycles. The van der Waals surface area contributed by atoms with Crippen LogP contribution in [0.3, 0.4) is 0 Å². The molecular formula is C36H41FN4O7S2. The van der Waals surface area contributed by atoms with Gasteiger partial charge in [-0.05, 0) is 96.4 Å². The molecule has 0 aliphatic heterocycles. The average molecular weight is 726 g/mol. The normalized spacial score (nSPS) is 10.2. The van der Waals surface area contributed by atoms with E-state index in [4.69, 9.17) is 16.9 Å². The highest BCUT2D eigenvalue weighted by molar-refractivity contribution is 7.21. The molecule has 6 aromatic rings. The quantitative estimate of drug-likeness (QED) is 0.119. The molecule has 0 saturated heterocycles. The van der Waals surface area contributed by atoms with E-state index in [-0.39, 0.29) is 25.3 Å². The highest BCUT2D eigenvalue weighted by atomic mass is 32.1. The molecule has 14 heteroatoms. The molecule has 0 saturated carbocycles. The van der Waals surface area contributed by atoms with Gasteiger partial charge in [-0.3, -0.25) is 9.18 Å². The maximum atomic E-state index is 12.3. The van der Waals surface area contributed by atoms with Gasteiger partial charge >= 0.3 is 17.9 Å². The van der Waals surface area contributed by atoms with Crippen molar-refractivity contribution in [1.82, 2.24) is 9.13 Å². The van der Waals surface area contributed by atoms with E-state index in [1.807, 2.05) is 69.6 Å². The first-order chi connectivity index (χ1) is 23.7. The summed E-state index contributed by atoms with van der Waals surface area (Å²) in [7, 11) is 5.30. The third-order valence-electron chi connectivity index (χ3n) is 6.82.